The van der Waals surface area contributed by atoms with Gasteiger partial charge in [-0.15, -0.1) is 0 Å². The molecule has 0 unspecified atom stereocenters. The van der Waals surface area contributed by atoms with E-state index in [1.54, 1.807) is 12.1 Å². The van der Waals surface area contributed by atoms with Gasteiger partial charge in [-0.05, 0) is 26.0 Å². The number of hydrogen-bond acceptors (Lipinski definition) is 1. The van der Waals surface area contributed by atoms with Gasteiger partial charge in [0.15, 0.2) is 0 Å². The van der Waals surface area contributed by atoms with Crippen LogP contribution in [0.1, 0.15) is 21.5 Å². The van der Waals surface area contributed by atoms with E-state index < -0.39 is 0 Å². The number of amides is 1. The minimum atomic E-state index is -0.364. The van der Waals surface area contributed by atoms with Gasteiger partial charge in [-0.2, -0.15) is 0 Å². The van der Waals surface area contributed by atoms with Crippen molar-refractivity contribution in [3.63, 3.8) is 0 Å². The summed E-state index contributed by atoms with van der Waals surface area (Å²) in [4.78, 5) is 10.7. The highest BCUT2D eigenvalue weighted by atomic mass is 16.1. The first-order valence-electron chi connectivity index (χ1n) is 3.47. The highest BCUT2D eigenvalue weighted by Gasteiger charge is 1.99. The number of nitrogens with two attached hydrogens (primary N) is 1. The Balaban J connectivity index is 3.19. The normalized spacial score (nSPS) is 9.64. The van der Waals surface area contributed by atoms with Crippen molar-refractivity contribution in [1.82, 2.24) is 0 Å². The van der Waals surface area contributed by atoms with Gasteiger partial charge in [-0.25, -0.2) is 0 Å². The number of primary amides is 1. The van der Waals surface area contributed by atoms with E-state index in [1.165, 1.54) is 0 Å². The van der Waals surface area contributed by atoms with Crippen LogP contribution in [-0.4, -0.2) is 5.91 Å². The van der Waals surface area contributed by atoms with Gasteiger partial charge in [0.25, 0.3) is 0 Å². The van der Waals surface area contributed by atoms with Crippen LogP contribution in [0.2, 0.25) is 0 Å². The molecule has 0 heterocycles. The maximum atomic E-state index is 10.7. The van der Waals surface area contributed by atoms with Crippen molar-refractivity contribution in [2.45, 2.75) is 13.8 Å². The molecule has 0 atom stereocenters. The predicted octanol–water partition coefficient (Wildman–Crippen LogP) is 1.40. The maximum Gasteiger partial charge on any atom is 0.248 e. The summed E-state index contributed by atoms with van der Waals surface area (Å²) in [5.74, 6) is -0.364. The molecule has 2 N–H and O–H groups in total. The third-order valence-electron chi connectivity index (χ3n) is 1.51. The summed E-state index contributed by atoms with van der Waals surface area (Å²) in [7, 11) is 0. The van der Waals surface area contributed by atoms with Gasteiger partial charge >= 0.3 is 0 Å². The number of benzene rings is 1. The molecule has 1 amide bonds. The average Bonchev–Trinajstić information content (AvgIpc) is 1.85. The molecule has 0 spiro atoms. The zero-order chi connectivity index (χ0) is 8.43. The molecule has 0 aromatic heterocycles. The average molecular weight is 149 g/mol. The van der Waals surface area contributed by atoms with Crippen LogP contribution in [0.25, 0.3) is 0 Å². The highest BCUT2D eigenvalue weighted by molar-refractivity contribution is 5.93. The van der Waals surface area contributed by atoms with Crippen molar-refractivity contribution >= 4 is 5.91 Å². The van der Waals surface area contributed by atoms with Crippen molar-refractivity contribution in [2.24, 2.45) is 5.73 Å². The summed E-state index contributed by atoms with van der Waals surface area (Å²) < 4.78 is 0. The molecule has 0 aliphatic heterocycles. The first kappa shape index (κ1) is 7.79. The maximum absolute atomic E-state index is 10.7. The molecule has 2 heteroatoms. The minimum absolute atomic E-state index is 0.364. The van der Waals surface area contributed by atoms with Gasteiger partial charge in [0.1, 0.15) is 0 Å². The number of carbonyl (C=O) groups is 1. The Labute approximate surface area is 66.0 Å². The van der Waals surface area contributed by atoms with E-state index in [0.717, 1.165) is 11.1 Å². The fourth-order valence-corrected chi connectivity index (χ4v) is 1.12. The van der Waals surface area contributed by atoms with Crippen molar-refractivity contribution < 1.29 is 4.79 Å². The van der Waals surface area contributed by atoms with Gasteiger partial charge in [-0.3, -0.25) is 4.79 Å². The molecular formula is C9H11NO. The fourth-order valence-electron chi connectivity index (χ4n) is 1.12. The summed E-state index contributed by atoms with van der Waals surface area (Å²) in [5.41, 5.74) is 7.83. The molecule has 0 saturated carbocycles. The van der Waals surface area contributed by atoms with Crippen LogP contribution in [0.15, 0.2) is 18.2 Å². The Bertz CT molecular complexity index is 271. The van der Waals surface area contributed by atoms with Gasteiger partial charge in [0.05, 0.1) is 0 Å². The summed E-state index contributed by atoms with van der Waals surface area (Å²) in [6.07, 6.45) is 0. The fraction of sp³-hybridized carbons (Fsp3) is 0.222. The van der Waals surface area contributed by atoms with Crippen molar-refractivity contribution in [3.8, 4) is 0 Å². The quantitative estimate of drug-likeness (QED) is 0.644. The Morgan fingerprint density at radius 2 is 1.64 bits per heavy atom. The van der Waals surface area contributed by atoms with Crippen molar-refractivity contribution in [2.75, 3.05) is 0 Å². The summed E-state index contributed by atoms with van der Waals surface area (Å²) in [5, 5.41) is 0. The van der Waals surface area contributed by atoms with E-state index in [0.29, 0.717) is 5.56 Å². The smallest absolute Gasteiger partial charge is 0.248 e. The van der Waals surface area contributed by atoms with E-state index in [2.05, 4.69) is 0 Å². The molecular weight excluding hydrogens is 138 g/mol. The van der Waals surface area contributed by atoms with E-state index in [9.17, 15) is 4.79 Å². The molecule has 1 rings (SSSR count). The van der Waals surface area contributed by atoms with Gasteiger partial charge in [0.2, 0.25) is 5.91 Å². The summed E-state index contributed by atoms with van der Waals surface area (Å²) in [6.45, 7) is 3.89. The molecule has 2 nitrogen and oxygen atoms in total. The summed E-state index contributed by atoms with van der Waals surface area (Å²) >= 11 is 0. The molecule has 0 fully saturated rings. The SMILES string of the molecule is Cc1cc(C)cc(C(N)=O)c1. The lowest BCUT2D eigenvalue weighted by Crippen LogP contribution is -2.11. The molecule has 1 aromatic rings. The highest BCUT2D eigenvalue weighted by Crippen LogP contribution is 2.07. The molecule has 0 radical (unpaired) electrons. The lowest BCUT2D eigenvalue weighted by molar-refractivity contribution is 0.1000. The number of carbonyl (C=O) groups excluding carboxylic acids is 1. The van der Waals surface area contributed by atoms with Gasteiger partial charge < -0.3 is 5.73 Å². The number of rotatable bonds is 1. The molecule has 0 saturated heterocycles. The van der Waals surface area contributed by atoms with Crippen LogP contribution in [-0.2, 0) is 0 Å². The van der Waals surface area contributed by atoms with Crippen molar-refractivity contribution in [3.05, 3.63) is 34.9 Å². The Morgan fingerprint density at radius 3 is 2.00 bits per heavy atom. The third kappa shape index (κ3) is 1.80. The first-order valence-corrected chi connectivity index (χ1v) is 3.47. The lowest BCUT2D eigenvalue weighted by Gasteiger charge is -1.99. The molecule has 0 aliphatic carbocycles. The summed E-state index contributed by atoms with van der Waals surface area (Å²) in [6, 6.07) is 5.58. The van der Waals surface area contributed by atoms with Crippen molar-refractivity contribution in [1.29, 1.82) is 0 Å². The molecule has 1 aromatic carbocycles. The van der Waals surface area contributed by atoms with E-state index >= 15 is 0 Å². The number of hydrogen-bond donors (Lipinski definition) is 1. The second-order valence-electron chi connectivity index (χ2n) is 2.74. The van der Waals surface area contributed by atoms with Gasteiger partial charge in [-0.1, -0.05) is 17.2 Å². The lowest BCUT2D eigenvalue weighted by atomic mass is 10.1. The van der Waals surface area contributed by atoms with Gasteiger partial charge in [0, 0.05) is 5.56 Å². The monoisotopic (exact) mass is 149 g/mol. The Hall–Kier alpha value is -1.31. The largest absolute Gasteiger partial charge is 0.366 e. The number of aryl methyl sites for hydroxylation is 2. The predicted molar refractivity (Wildman–Crippen MR) is 44.4 cm³/mol. The minimum Gasteiger partial charge on any atom is -0.366 e. The Morgan fingerprint density at radius 1 is 1.18 bits per heavy atom. The van der Waals surface area contributed by atoms with Crippen LogP contribution >= 0.6 is 0 Å². The van der Waals surface area contributed by atoms with Crippen LogP contribution in [0.4, 0.5) is 0 Å². The zero-order valence-electron chi connectivity index (χ0n) is 6.72. The second kappa shape index (κ2) is 2.74. The molecule has 0 bridgehead atoms. The van der Waals surface area contributed by atoms with E-state index in [-0.39, 0.29) is 5.91 Å². The standard InChI is InChI=1S/C9H11NO/c1-6-3-7(2)5-8(4-6)9(10)11/h3-5H,1-2H3,(H2,10,11). The molecule has 11 heavy (non-hydrogen) atoms. The van der Waals surface area contributed by atoms with Crippen LogP contribution < -0.4 is 5.73 Å². The third-order valence-corrected chi connectivity index (χ3v) is 1.51. The topological polar surface area (TPSA) is 43.1 Å². The molecule has 58 valence electrons. The van der Waals surface area contributed by atoms with Crippen LogP contribution in [0, 0.1) is 13.8 Å². The van der Waals surface area contributed by atoms with Crippen LogP contribution in [0.5, 0.6) is 0 Å². The molecule has 0 aliphatic rings. The zero-order valence-corrected chi connectivity index (χ0v) is 6.72. The van der Waals surface area contributed by atoms with E-state index in [4.69, 9.17) is 5.73 Å². The first-order chi connectivity index (χ1) is 5.09. The second-order valence-corrected chi connectivity index (χ2v) is 2.74. The Kier molecular flexibility index (Phi) is 1.94. The van der Waals surface area contributed by atoms with Crippen LogP contribution in [0.3, 0.4) is 0 Å². The van der Waals surface area contributed by atoms with E-state index in [1.807, 2.05) is 19.9 Å².